The van der Waals surface area contributed by atoms with Crippen LogP contribution in [0.5, 0.6) is 0 Å². The van der Waals surface area contributed by atoms with Gasteiger partial charge in [0.25, 0.3) is 5.69 Å². The molecule has 1 saturated heterocycles. The Morgan fingerprint density at radius 3 is 2.41 bits per heavy atom. The van der Waals surface area contributed by atoms with Crippen molar-refractivity contribution in [2.24, 2.45) is 0 Å². The van der Waals surface area contributed by atoms with Gasteiger partial charge in [-0.05, 0) is 18.6 Å². The highest BCUT2D eigenvalue weighted by molar-refractivity contribution is 7.75. The summed E-state index contributed by atoms with van der Waals surface area (Å²) in [5, 5.41) is 21.0. The Kier molecular flexibility index (Phi) is 2.89. The first-order valence-electron chi connectivity index (χ1n) is 5.16. The summed E-state index contributed by atoms with van der Waals surface area (Å²) in [6.45, 7) is 3.68. The van der Waals surface area contributed by atoms with Gasteiger partial charge in [0.15, 0.2) is 0 Å². The van der Waals surface area contributed by atoms with Crippen molar-refractivity contribution < 1.29 is 14.6 Å². The maximum atomic E-state index is 12.6. The maximum absolute atomic E-state index is 12.6. The van der Waals surface area contributed by atoms with Crippen molar-refractivity contribution in [2.75, 3.05) is 6.16 Å². The highest BCUT2D eigenvalue weighted by Crippen LogP contribution is 2.59. The minimum atomic E-state index is -2.79. The van der Waals surface area contributed by atoms with Crippen LogP contribution in [0.1, 0.15) is 6.42 Å². The summed E-state index contributed by atoms with van der Waals surface area (Å²) in [4.78, 5) is 10.0. The van der Waals surface area contributed by atoms with E-state index in [1.54, 1.807) is 0 Å². The van der Waals surface area contributed by atoms with Gasteiger partial charge in [0.05, 0.1) is 11.0 Å². The molecule has 0 amide bonds. The van der Waals surface area contributed by atoms with Crippen LogP contribution in [-0.2, 0) is 4.57 Å². The molecule has 0 saturated carbocycles. The second-order valence-electron chi connectivity index (χ2n) is 4.03. The van der Waals surface area contributed by atoms with Crippen molar-refractivity contribution >= 4 is 18.1 Å². The van der Waals surface area contributed by atoms with E-state index in [4.69, 9.17) is 0 Å². The van der Waals surface area contributed by atoms with Crippen molar-refractivity contribution in [3.05, 3.63) is 46.3 Å². The summed E-state index contributed by atoms with van der Waals surface area (Å²) < 4.78 is 12.6. The molecule has 1 unspecified atom stereocenters. The Bertz CT molecular complexity index is 523. The topological polar surface area (TPSA) is 80.4 Å². The third-order valence-corrected chi connectivity index (χ3v) is 6.29. The molecule has 1 aromatic carbocycles. The van der Waals surface area contributed by atoms with E-state index in [0.29, 0.717) is 23.2 Å². The van der Waals surface area contributed by atoms with Gasteiger partial charge >= 0.3 is 0 Å². The average molecular weight is 253 g/mol. The van der Waals surface area contributed by atoms with Gasteiger partial charge in [-0.25, -0.2) is 0 Å². The van der Waals surface area contributed by atoms with Gasteiger partial charge in [0.2, 0.25) is 0 Å². The molecule has 1 aromatic rings. The van der Waals surface area contributed by atoms with E-state index >= 15 is 0 Å². The van der Waals surface area contributed by atoms with E-state index in [1.807, 2.05) is 0 Å². The molecule has 6 heteroatoms. The summed E-state index contributed by atoms with van der Waals surface area (Å²) >= 11 is 0. The number of aliphatic hydroxyl groups is 1. The number of nitro benzene ring substituents is 1. The standard InChI is InChI=1S/C11H12NO4P/c1-8-11(13)6-7-17(8,16)10-4-2-9(3-5-10)12(14)15/h2-5,11,13H,1,6-7H2/t11?,17-/m0/s1. The number of hydrogen-bond donors (Lipinski definition) is 1. The van der Waals surface area contributed by atoms with Crippen LogP contribution >= 0.6 is 7.14 Å². The number of hydrogen-bond acceptors (Lipinski definition) is 4. The van der Waals surface area contributed by atoms with Crippen LogP contribution < -0.4 is 5.30 Å². The first-order chi connectivity index (χ1) is 7.95. The molecule has 17 heavy (non-hydrogen) atoms. The highest BCUT2D eigenvalue weighted by atomic mass is 31.2. The Labute approximate surface area is 98.3 Å². The van der Waals surface area contributed by atoms with Gasteiger partial charge in [-0.2, -0.15) is 0 Å². The first-order valence-corrected chi connectivity index (χ1v) is 7.06. The summed E-state index contributed by atoms with van der Waals surface area (Å²) in [5.74, 6) is 0. The third-order valence-electron chi connectivity index (χ3n) is 3.04. The number of non-ortho nitro benzene ring substituents is 1. The smallest absolute Gasteiger partial charge is 0.269 e. The second kappa shape index (κ2) is 4.09. The van der Waals surface area contributed by atoms with Gasteiger partial charge in [-0.15, -0.1) is 0 Å². The van der Waals surface area contributed by atoms with E-state index in [-0.39, 0.29) is 5.69 Å². The first kappa shape index (κ1) is 12.0. The predicted molar refractivity (Wildman–Crippen MR) is 65.0 cm³/mol. The van der Waals surface area contributed by atoms with Crippen LogP contribution in [0.25, 0.3) is 0 Å². The molecule has 0 bridgehead atoms. The fourth-order valence-corrected chi connectivity index (χ4v) is 4.69. The Morgan fingerprint density at radius 2 is 2.00 bits per heavy atom. The molecule has 5 nitrogen and oxygen atoms in total. The van der Waals surface area contributed by atoms with Crippen molar-refractivity contribution in [3.8, 4) is 0 Å². The molecule has 0 spiro atoms. The lowest BCUT2D eigenvalue weighted by atomic mass is 10.3. The monoisotopic (exact) mass is 253 g/mol. The van der Waals surface area contributed by atoms with E-state index in [2.05, 4.69) is 6.58 Å². The SMILES string of the molecule is C=C1C(O)CC[P@@]1(=O)c1ccc([N+](=O)[O-])cc1. The molecule has 1 aliphatic heterocycles. The molecule has 2 atom stereocenters. The molecule has 90 valence electrons. The molecule has 2 rings (SSSR count). The van der Waals surface area contributed by atoms with Gasteiger partial charge in [0.1, 0.15) is 7.14 Å². The average Bonchev–Trinajstić information content (AvgIpc) is 2.59. The predicted octanol–water partition coefficient (Wildman–Crippen LogP) is 1.86. The number of nitrogens with zero attached hydrogens (tertiary/aromatic N) is 1. The van der Waals surface area contributed by atoms with Gasteiger partial charge in [-0.1, -0.05) is 6.58 Å². The van der Waals surface area contributed by atoms with E-state index in [9.17, 15) is 19.8 Å². The summed E-state index contributed by atoms with van der Waals surface area (Å²) in [6, 6.07) is 5.63. The van der Waals surface area contributed by atoms with E-state index in [1.165, 1.54) is 24.3 Å². The molecular formula is C11H12NO4P. The van der Waals surface area contributed by atoms with E-state index in [0.717, 1.165) is 0 Å². The molecule has 1 fully saturated rings. The molecule has 1 N–H and O–H groups in total. The Morgan fingerprint density at radius 1 is 1.41 bits per heavy atom. The molecular weight excluding hydrogens is 241 g/mol. The van der Waals surface area contributed by atoms with Crippen LogP contribution in [0.15, 0.2) is 36.2 Å². The zero-order valence-electron chi connectivity index (χ0n) is 9.07. The zero-order chi connectivity index (χ0) is 12.6. The fraction of sp³-hybridized carbons (Fsp3) is 0.273. The highest BCUT2D eigenvalue weighted by Gasteiger charge is 2.38. The third kappa shape index (κ3) is 1.92. The van der Waals surface area contributed by atoms with Crippen LogP contribution in [0.4, 0.5) is 5.69 Å². The number of benzene rings is 1. The Balaban J connectivity index is 2.38. The summed E-state index contributed by atoms with van der Waals surface area (Å²) in [7, 11) is -2.79. The minimum absolute atomic E-state index is 0.0364. The van der Waals surface area contributed by atoms with Gasteiger partial charge in [-0.3, -0.25) is 10.1 Å². The van der Waals surface area contributed by atoms with Crippen LogP contribution in [0.2, 0.25) is 0 Å². The normalized spacial score (nSPS) is 28.3. The number of aliphatic hydroxyl groups excluding tert-OH is 1. The van der Waals surface area contributed by atoms with E-state index < -0.39 is 18.2 Å². The summed E-state index contributed by atoms with van der Waals surface area (Å²) in [6.07, 6.45) is 0.0915. The van der Waals surface area contributed by atoms with Crippen molar-refractivity contribution in [1.29, 1.82) is 0 Å². The molecule has 1 heterocycles. The largest absolute Gasteiger partial charge is 0.388 e. The fourth-order valence-electron chi connectivity index (χ4n) is 1.97. The van der Waals surface area contributed by atoms with Crippen LogP contribution in [-0.4, -0.2) is 22.3 Å². The van der Waals surface area contributed by atoms with Crippen molar-refractivity contribution in [1.82, 2.24) is 0 Å². The van der Waals surface area contributed by atoms with Gasteiger partial charge < -0.3 is 9.67 Å². The lowest BCUT2D eigenvalue weighted by molar-refractivity contribution is -0.384. The second-order valence-corrected chi connectivity index (χ2v) is 7.05. The summed E-state index contributed by atoms with van der Waals surface area (Å²) in [5.41, 5.74) is -0.0364. The maximum Gasteiger partial charge on any atom is 0.269 e. The van der Waals surface area contributed by atoms with Crippen molar-refractivity contribution in [3.63, 3.8) is 0 Å². The van der Waals surface area contributed by atoms with Crippen LogP contribution in [0, 0.1) is 10.1 Å². The lowest BCUT2D eigenvalue weighted by Gasteiger charge is -2.13. The quantitative estimate of drug-likeness (QED) is 0.495. The number of nitro groups is 1. The minimum Gasteiger partial charge on any atom is -0.388 e. The molecule has 0 aliphatic carbocycles. The van der Waals surface area contributed by atoms with Crippen LogP contribution in [0.3, 0.4) is 0 Å². The number of rotatable bonds is 2. The molecule has 0 radical (unpaired) electrons. The molecule has 0 aromatic heterocycles. The Hall–Kier alpha value is -1.45. The van der Waals surface area contributed by atoms with Gasteiger partial charge in [0, 0.05) is 28.9 Å². The molecule has 1 aliphatic rings. The lowest BCUT2D eigenvalue weighted by Crippen LogP contribution is -2.07. The zero-order valence-corrected chi connectivity index (χ0v) is 9.97. The van der Waals surface area contributed by atoms with Crippen molar-refractivity contribution in [2.45, 2.75) is 12.5 Å².